The van der Waals surface area contributed by atoms with Crippen LogP contribution >= 0.6 is 0 Å². The van der Waals surface area contributed by atoms with E-state index in [0.717, 1.165) is 19.3 Å². The number of nitriles is 1. The standard InChI is InChI=1S/C26H36N6O8/c1-5-20(33)39-22(18-10-11-19-24(28)29-14-31-32(18)19)23(40-21(34)6-2)26(12-27,36-4)13-37-15-30-16(3)25(35)38-17-8-7-9-17/h10-11,14,16-17,22-23,30H,5-9,13,15H2,1-4H3,(H2,28,29,31)/t16-,22-,23-,26?/m0/s1. The van der Waals surface area contributed by atoms with Gasteiger partial charge in [0, 0.05) is 20.0 Å². The SMILES string of the molecule is CCC(=O)O[C@@H](c1ccc2c(N)ncnn12)[C@H](OC(=O)CC)C(C#N)(COCN[C@@H](C)C(=O)OC1CCC1)OC. The van der Waals surface area contributed by atoms with Crippen LogP contribution in [-0.4, -0.2) is 76.8 Å². The minimum Gasteiger partial charge on any atom is -0.461 e. The van der Waals surface area contributed by atoms with Crippen LogP contribution in [0.4, 0.5) is 5.82 Å². The number of ether oxygens (including phenoxy) is 5. The molecule has 0 radical (unpaired) electrons. The fourth-order valence-corrected chi connectivity index (χ4v) is 3.94. The molecule has 3 rings (SSSR count). The number of nitrogens with one attached hydrogen (secondary N) is 1. The number of hydrogen-bond donors (Lipinski definition) is 2. The molecule has 1 fully saturated rings. The summed E-state index contributed by atoms with van der Waals surface area (Å²) < 4.78 is 29.5. The summed E-state index contributed by atoms with van der Waals surface area (Å²) in [5, 5.41) is 17.4. The van der Waals surface area contributed by atoms with Crippen molar-refractivity contribution in [1.82, 2.24) is 19.9 Å². The second kappa shape index (κ2) is 14.0. The van der Waals surface area contributed by atoms with Gasteiger partial charge in [0.05, 0.1) is 19.0 Å². The smallest absolute Gasteiger partial charge is 0.323 e. The number of rotatable bonds is 15. The summed E-state index contributed by atoms with van der Waals surface area (Å²) in [5.74, 6) is -1.53. The monoisotopic (exact) mass is 560 g/mol. The van der Waals surface area contributed by atoms with Crippen molar-refractivity contribution in [3.63, 3.8) is 0 Å². The zero-order valence-electron chi connectivity index (χ0n) is 23.1. The Morgan fingerprint density at radius 3 is 2.52 bits per heavy atom. The lowest BCUT2D eigenvalue weighted by Gasteiger charge is -2.37. The van der Waals surface area contributed by atoms with Crippen LogP contribution in [0.2, 0.25) is 0 Å². The number of fused-ring (bicyclic) bond motifs is 1. The van der Waals surface area contributed by atoms with Gasteiger partial charge in [-0.05, 0) is 38.3 Å². The van der Waals surface area contributed by atoms with Crippen LogP contribution in [0, 0.1) is 11.3 Å². The Kier molecular flexibility index (Phi) is 10.8. The zero-order chi connectivity index (χ0) is 29.3. The summed E-state index contributed by atoms with van der Waals surface area (Å²) in [6.07, 6.45) is 1.06. The van der Waals surface area contributed by atoms with Crippen molar-refractivity contribution >= 4 is 29.2 Å². The maximum Gasteiger partial charge on any atom is 0.323 e. The fourth-order valence-electron chi connectivity index (χ4n) is 3.94. The molecule has 0 aromatic carbocycles. The van der Waals surface area contributed by atoms with E-state index in [1.165, 1.54) is 18.0 Å². The predicted octanol–water partition coefficient (Wildman–Crippen LogP) is 1.58. The summed E-state index contributed by atoms with van der Waals surface area (Å²) in [7, 11) is 1.25. The first-order chi connectivity index (χ1) is 19.2. The van der Waals surface area contributed by atoms with Crippen LogP contribution < -0.4 is 11.1 Å². The third-order valence-corrected chi connectivity index (χ3v) is 6.68. The fraction of sp³-hybridized carbons (Fsp3) is 0.615. The van der Waals surface area contributed by atoms with Gasteiger partial charge in [0.2, 0.25) is 5.60 Å². The van der Waals surface area contributed by atoms with Crippen LogP contribution in [0.5, 0.6) is 0 Å². The molecule has 0 spiro atoms. The van der Waals surface area contributed by atoms with Crippen LogP contribution in [0.1, 0.15) is 64.7 Å². The molecule has 2 aromatic rings. The summed E-state index contributed by atoms with van der Waals surface area (Å²) in [5.41, 5.74) is 4.72. The summed E-state index contributed by atoms with van der Waals surface area (Å²) in [4.78, 5) is 41.3. The number of carbonyl (C=O) groups excluding carboxylic acids is 3. The van der Waals surface area contributed by atoms with E-state index in [-0.39, 0.29) is 37.2 Å². The van der Waals surface area contributed by atoms with Crippen molar-refractivity contribution < 1.29 is 38.1 Å². The highest BCUT2D eigenvalue weighted by atomic mass is 16.6. The van der Waals surface area contributed by atoms with E-state index in [1.54, 1.807) is 32.9 Å². The number of esters is 3. The lowest BCUT2D eigenvalue weighted by molar-refractivity contribution is -0.197. The van der Waals surface area contributed by atoms with E-state index >= 15 is 0 Å². The zero-order valence-corrected chi connectivity index (χ0v) is 23.1. The van der Waals surface area contributed by atoms with Crippen molar-refractivity contribution in [3.05, 3.63) is 24.2 Å². The Balaban J connectivity index is 1.88. The molecular formula is C26H36N6O8. The van der Waals surface area contributed by atoms with Crippen molar-refractivity contribution in [2.24, 2.45) is 0 Å². The van der Waals surface area contributed by atoms with Crippen molar-refractivity contribution in [2.75, 3.05) is 26.2 Å². The Morgan fingerprint density at radius 1 is 1.23 bits per heavy atom. The van der Waals surface area contributed by atoms with Crippen molar-refractivity contribution in [3.8, 4) is 6.07 Å². The molecule has 0 saturated heterocycles. The van der Waals surface area contributed by atoms with Gasteiger partial charge in [-0.15, -0.1) is 0 Å². The summed E-state index contributed by atoms with van der Waals surface area (Å²) in [6.45, 7) is 4.25. The topological polar surface area (TPSA) is 189 Å². The highest BCUT2D eigenvalue weighted by Gasteiger charge is 2.50. The number of nitrogens with two attached hydrogens (primary N) is 1. The van der Waals surface area contributed by atoms with E-state index in [0.29, 0.717) is 5.52 Å². The molecular weight excluding hydrogens is 524 g/mol. The van der Waals surface area contributed by atoms with Gasteiger partial charge in [0.1, 0.15) is 30.1 Å². The summed E-state index contributed by atoms with van der Waals surface area (Å²) >= 11 is 0. The molecule has 40 heavy (non-hydrogen) atoms. The van der Waals surface area contributed by atoms with E-state index in [4.69, 9.17) is 29.4 Å². The van der Waals surface area contributed by atoms with Crippen LogP contribution in [-0.2, 0) is 38.1 Å². The Hall–Kier alpha value is -3.80. The maximum atomic E-state index is 12.6. The average molecular weight is 561 g/mol. The lowest BCUT2D eigenvalue weighted by atomic mass is 9.92. The third-order valence-electron chi connectivity index (χ3n) is 6.68. The normalized spacial score (nSPS) is 17.1. The van der Waals surface area contributed by atoms with Gasteiger partial charge < -0.3 is 29.4 Å². The molecule has 0 bridgehead atoms. The minimum absolute atomic E-state index is 0.00712. The molecule has 1 saturated carbocycles. The molecule has 2 heterocycles. The highest BCUT2D eigenvalue weighted by molar-refractivity contribution is 5.75. The minimum atomic E-state index is -1.94. The van der Waals surface area contributed by atoms with E-state index in [1.807, 2.05) is 6.07 Å². The lowest BCUT2D eigenvalue weighted by Crippen LogP contribution is -2.53. The molecule has 218 valence electrons. The average Bonchev–Trinajstić information content (AvgIpc) is 3.38. The maximum absolute atomic E-state index is 12.6. The van der Waals surface area contributed by atoms with Gasteiger partial charge in [-0.2, -0.15) is 10.4 Å². The molecule has 2 aromatic heterocycles. The largest absolute Gasteiger partial charge is 0.461 e. The molecule has 14 heteroatoms. The second-order valence-corrected chi connectivity index (χ2v) is 9.34. The first-order valence-electron chi connectivity index (χ1n) is 13.1. The second-order valence-electron chi connectivity index (χ2n) is 9.34. The van der Waals surface area contributed by atoms with Crippen molar-refractivity contribution in [2.45, 2.75) is 82.8 Å². The Labute approximate surface area is 232 Å². The molecule has 0 amide bonds. The number of methoxy groups -OCH3 is 1. The number of aromatic nitrogens is 3. The number of carbonyl (C=O) groups is 3. The van der Waals surface area contributed by atoms with E-state index in [9.17, 15) is 19.6 Å². The highest BCUT2D eigenvalue weighted by Crippen LogP contribution is 2.35. The number of nitrogens with zero attached hydrogens (tertiary/aromatic N) is 4. The quantitative estimate of drug-likeness (QED) is 0.138. The Bertz CT molecular complexity index is 1230. The predicted molar refractivity (Wildman–Crippen MR) is 139 cm³/mol. The number of hydrogen-bond acceptors (Lipinski definition) is 13. The van der Waals surface area contributed by atoms with Crippen molar-refractivity contribution in [1.29, 1.82) is 5.26 Å². The molecule has 14 nitrogen and oxygen atoms in total. The van der Waals surface area contributed by atoms with Gasteiger partial charge in [0.15, 0.2) is 18.0 Å². The molecule has 3 N–H and O–H groups in total. The Morgan fingerprint density at radius 2 is 1.93 bits per heavy atom. The van der Waals surface area contributed by atoms with Crippen LogP contribution in [0.25, 0.3) is 5.52 Å². The summed E-state index contributed by atoms with van der Waals surface area (Å²) in [6, 6.07) is 4.57. The first kappa shape index (κ1) is 30.7. The molecule has 0 aliphatic heterocycles. The molecule has 1 aliphatic rings. The molecule has 1 unspecified atom stereocenters. The van der Waals surface area contributed by atoms with E-state index in [2.05, 4.69) is 15.4 Å². The van der Waals surface area contributed by atoms with Gasteiger partial charge in [-0.1, -0.05) is 13.8 Å². The van der Waals surface area contributed by atoms with E-state index < -0.39 is 48.4 Å². The third kappa shape index (κ3) is 7.04. The van der Waals surface area contributed by atoms with Gasteiger partial charge in [0.25, 0.3) is 0 Å². The first-order valence-corrected chi connectivity index (χ1v) is 13.1. The van der Waals surface area contributed by atoms with Crippen LogP contribution in [0.3, 0.4) is 0 Å². The van der Waals surface area contributed by atoms with Gasteiger partial charge in [-0.3, -0.25) is 19.7 Å². The molecule has 4 atom stereocenters. The van der Waals surface area contributed by atoms with Gasteiger partial charge in [-0.25, -0.2) is 9.50 Å². The molecule has 1 aliphatic carbocycles. The number of anilines is 1. The number of nitrogen functional groups attached to an aromatic ring is 1. The van der Waals surface area contributed by atoms with Crippen LogP contribution in [0.15, 0.2) is 18.5 Å². The van der Waals surface area contributed by atoms with Gasteiger partial charge >= 0.3 is 17.9 Å².